The number of carbonyl (C=O) groups is 1. The highest BCUT2D eigenvalue weighted by molar-refractivity contribution is 14.1. The van der Waals surface area contributed by atoms with Crippen molar-refractivity contribution in [2.45, 2.75) is 6.42 Å². The van der Waals surface area contributed by atoms with Crippen molar-refractivity contribution in [3.8, 4) is 5.75 Å². The third kappa shape index (κ3) is 4.59. The predicted molar refractivity (Wildman–Crippen MR) is 120 cm³/mol. The second kappa shape index (κ2) is 8.99. The van der Waals surface area contributed by atoms with Gasteiger partial charge in [-0.15, -0.1) is 0 Å². The lowest BCUT2D eigenvalue weighted by Gasteiger charge is -2.21. The first-order chi connectivity index (χ1) is 13.0. The van der Waals surface area contributed by atoms with E-state index < -0.39 is 0 Å². The van der Waals surface area contributed by atoms with E-state index in [-0.39, 0.29) is 5.91 Å². The molecule has 0 atom stereocenters. The van der Waals surface area contributed by atoms with Crippen LogP contribution in [0.4, 0.5) is 5.13 Å². The number of halogens is 1. The van der Waals surface area contributed by atoms with Crippen molar-refractivity contribution in [3.63, 3.8) is 0 Å². The second-order valence-corrected chi connectivity index (χ2v) is 8.57. The van der Waals surface area contributed by atoms with Gasteiger partial charge < -0.3 is 9.64 Å². The molecule has 7 heteroatoms. The molecule has 0 saturated heterocycles. The first-order valence-electron chi connectivity index (χ1n) is 8.66. The number of fused-ring (bicyclic) bond motifs is 1. The molecule has 0 radical (unpaired) electrons. The van der Waals surface area contributed by atoms with E-state index in [9.17, 15) is 4.79 Å². The van der Waals surface area contributed by atoms with Gasteiger partial charge in [0.15, 0.2) is 5.13 Å². The molecule has 0 N–H and O–H groups in total. The van der Waals surface area contributed by atoms with E-state index in [1.165, 1.54) is 11.3 Å². The molecule has 27 heavy (non-hydrogen) atoms. The summed E-state index contributed by atoms with van der Waals surface area (Å²) in [5.74, 6) is 0.710. The Balaban J connectivity index is 1.99. The highest BCUT2D eigenvalue weighted by Crippen LogP contribution is 2.35. The summed E-state index contributed by atoms with van der Waals surface area (Å²) in [6.07, 6.45) is 0.870. The number of thiazole rings is 1. The lowest BCUT2D eigenvalue weighted by Crippen LogP contribution is -2.33. The normalized spacial score (nSPS) is 11.1. The molecule has 3 rings (SSSR count). The lowest BCUT2D eigenvalue weighted by atomic mass is 10.2. The number of carbonyl (C=O) groups excluding carboxylic acids is 1. The first kappa shape index (κ1) is 20.0. The summed E-state index contributed by atoms with van der Waals surface area (Å²) in [4.78, 5) is 22.0. The van der Waals surface area contributed by atoms with Gasteiger partial charge in [0.25, 0.3) is 5.91 Å². The van der Waals surface area contributed by atoms with Crippen LogP contribution in [0.1, 0.15) is 16.8 Å². The number of para-hydroxylation sites is 1. The maximum atomic E-state index is 13.3. The molecule has 1 heterocycles. The number of benzene rings is 2. The molecule has 1 aromatic heterocycles. The topological polar surface area (TPSA) is 45.7 Å². The summed E-state index contributed by atoms with van der Waals surface area (Å²) in [7, 11) is 5.71. The van der Waals surface area contributed by atoms with Crippen molar-refractivity contribution in [1.82, 2.24) is 9.88 Å². The van der Waals surface area contributed by atoms with E-state index in [4.69, 9.17) is 9.72 Å². The molecule has 5 nitrogen and oxygen atoms in total. The van der Waals surface area contributed by atoms with Gasteiger partial charge in [0.05, 0.1) is 17.4 Å². The average Bonchev–Trinajstić information content (AvgIpc) is 3.08. The van der Waals surface area contributed by atoms with Crippen LogP contribution in [0.2, 0.25) is 0 Å². The van der Waals surface area contributed by atoms with Gasteiger partial charge in [-0.2, -0.15) is 0 Å². The Bertz CT molecular complexity index is 942. The Hall–Kier alpha value is -1.71. The number of anilines is 1. The molecule has 0 aliphatic heterocycles. The number of rotatable bonds is 7. The van der Waals surface area contributed by atoms with Crippen LogP contribution in [0.15, 0.2) is 42.5 Å². The molecule has 142 valence electrons. The average molecular weight is 495 g/mol. The number of ether oxygens (including phenoxy) is 1. The fourth-order valence-corrected chi connectivity index (χ4v) is 4.43. The summed E-state index contributed by atoms with van der Waals surface area (Å²) in [5, 5.41) is 0.706. The quantitative estimate of drug-likeness (QED) is 0.453. The molecule has 0 aliphatic rings. The number of nitrogens with zero attached hydrogens (tertiary/aromatic N) is 3. The molecule has 1 amide bonds. The van der Waals surface area contributed by atoms with Gasteiger partial charge in [0, 0.05) is 10.1 Å². The van der Waals surface area contributed by atoms with E-state index in [0.717, 1.165) is 32.5 Å². The van der Waals surface area contributed by atoms with Crippen LogP contribution in [-0.4, -0.2) is 50.1 Å². The Labute approximate surface area is 177 Å². The zero-order valence-corrected chi connectivity index (χ0v) is 18.6. The highest BCUT2D eigenvalue weighted by Gasteiger charge is 2.23. The Morgan fingerprint density at radius 3 is 2.63 bits per heavy atom. The zero-order valence-electron chi connectivity index (χ0n) is 15.6. The van der Waals surface area contributed by atoms with Crippen LogP contribution in [0.25, 0.3) is 10.2 Å². The molecule has 0 unspecified atom stereocenters. The Kier molecular flexibility index (Phi) is 6.67. The van der Waals surface area contributed by atoms with Crippen molar-refractivity contribution < 1.29 is 9.53 Å². The number of hydrogen-bond donors (Lipinski definition) is 0. The third-order valence-corrected chi connectivity index (χ3v) is 6.14. The molecule has 3 aromatic rings. The largest absolute Gasteiger partial charge is 0.494 e. The highest BCUT2D eigenvalue weighted by atomic mass is 127. The van der Waals surface area contributed by atoms with Crippen LogP contribution in [0.3, 0.4) is 0 Å². The van der Waals surface area contributed by atoms with Crippen molar-refractivity contribution >= 4 is 55.2 Å². The number of aromatic nitrogens is 1. The molecule has 0 aliphatic carbocycles. The van der Waals surface area contributed by atoms with Crippen molar-refractivity contribution in [2.24, 2.45) is 0 Å². The van der Waals surface area contributed by atoms with Gasteiger partial charge in [0.2, 0.25) is 0 Å². The number of methoxy groups -OCH3 is 1. The maximum absolute atomic E-state index is 13.3. The molecule has 0 fully saturated rings. The lowest BCUT2D eigenvalue weighted by molar-refractivity contribution is 0.0985. The van der Waals surface area contributed by atoms with E-state index in [1.807, 2.05) is 56.6 Å². The Morgan fingerprint density at radius 2 is 1.93 bits per heavy atom. The minimum Gasteiger partial charge on any atom is -0.494 e. The van der Waals surface area contributed by atoms with Crippen molar-refractivity contribution in [2.75, 3.05) is 39.2 Å². The van der Waals surface area contributed by atoms with E-state index in [0.29, 0.717) is 17.2 Å². The summed E-state index contributed by atoms with van der Waals surface area (Å²) < 4.78 is 7.38. The molecular formula is C20H22IN3O2S. The van der Waals surface area contributed by atoms with E-state index >= 15 is 0 Å². The SMILES string of the molecule is COc1cccc2sc(N(CCCN(C)C)C(=O)c3ccccc3I)nc12. The van der Waals surface area contributed by atoms with Crippen molar-refractivity contribution in [1.29, 1.82) is 0 Å². The van der Waals surface area contributed by atoms with Crippen LogP contribution in [0, 0.1) is 3.57 Å². The summed E-state index contributed by atoms with van der Waals surface area (Å²) >= 11 is 3.73. The predicted octanol–water partition coefficient (Wildman–Crippen LogP) is 4.51. The van der Waals surface area contributed by atoms with Gasteiger partial charge in [-0.3, -0.25) is 9.69 Å². The molecule has 0 saturated carbocycles. The van der Waals surface area contributed by atoms with Gasteiger partial charge in [0.1, 0.15) is 11.3 Å². The molecule has 2 aromatic carbocycles. The summed E-state index contributed by atoms with van der Waals surface area (Å²) in [6.45, 7) is 1.52. The van der Waals surface area contributed by atoms with Crippen molar-refractivity contribution in [3.05, 3.63) is 51.6 Å². The van der Waals surface area contributed by atoms with E-state index in [2.05, 4.69) is 27.5 Å². The van der Waals surface area contributed by atoms with Gasteiger partial charge in [-0.05, 0) is 73.9 Å². The fraction of sp³-hybridized carbons (Fsp3) is 0.300. The Morgan fingerprint density at radius 1 is 1.15 bits per heavy atom. The van der Waals surface area contributed by atoms with Crippen LogP contribution >= 0.6 is 33.9 Å². The minimum absolute atomic E-state index is 0.0169. The third-order valence-electron chi connectivity index (χ3n) is 4.16. The van der Waals surface area contributed by atoms with Gasteiger partial charge >= 0.3 is 0 Å². The second-order valence-electron chi connectivity index (χ2n) is 6.40. The van der Waals surface area contributed by atoms with Gasteiger partial charge in [-0.1, -0.05) is 29.5 Å². The summed E-state index contributed by atoms with van der Waals surface area (Å²) in [5.41, 5.74) is 1.50. The van der Waals surface area contributed by atoms with Crippen LogP contribution < -0.4 is 9.64 Å². The van der Waals surface area contributed by atoms with Gasteiger partial charge in [-0.25, -0.2) is 4.98 Å². The zero-order chi connectivity index (χ0) is 19.4. The first-order valence-corrected chi connectivity index (χ1v) is 10.6. The number of amides is 1. The number of hydrogen-bond acceptors (Lipinski definition) is 5. The van der Waals surface area contributed by atoms with Crippen LogP contribution in [-0.2, 0) is 0 Å². The van der Waals surface area contributed by atoms with E-state index in [1.54, 1.807) is 12.0 Å². The molecule has 0 spiro atoms. The monoisotopic (exact) mass is 495 g/mol. The fourth-order valence-electron chi connectivity index (χ4n) is 2.80. The maximum Gasteiger partial charge on any atom is 0.261 e. The summed E-state index contributed by atoms with van der Waals surface area (Å²) in [6, 6.07) is 13.5. The standard InChI is InChI=1S/C20H22IN3O2S/c1-23(2)12-7-13-24(19(25)14-8-4-5-9-15(14)21)20-22-18-16(26-3)10-6-11-17(18)27-20/h4-6,8-11H,7,12-13H2,1-3H3. The molecule has 0 bridgehead atoms. The van der Waals surface area contributed by atoms with Crippen LogP contribution in [0.5, 0.6) is 5.75 Å². The smallest absolute Gasteiger partial charge is 0.261 e. The molecular weight excluding hydrogens is 473 g/mol. The minimum atomic E-state index is -0.0169.